The standard InChI is InChI=1S/C14H19N3O2S/c1-2-9-18-14(4-1)19-10-3-11-20-13-6-5-12-15-7-8-17(12)16-13/h5-8,14H,1-4,9-11H2. The molecule has 1 saturated heterocycles. The van der Waals surface area contributed by atoms with E-state index in [9.17, 15) is 0 Å². The van der Waals surface area contributed by atoms with Gasteiger partial charge in [-0.1, -0.05) is 0 Å². The highest BCUT2D eigenvalue weighted by atomic mass is 32.2. The lowest BCUT2D eigenvalue weighted by Gasteiger charge is -2.22. The number of hydrogen-bond donors (Lipinski definition) is 0. The molecule has 3 rings (SSSR count). The van der Waals surface area contributed by atoms with Crippen LogP contribution in [0.15, 0.2) is 29.6 Å². The molecule has 0 radical (unpaired) electrons. The van der Waals surface area contributed by atoms with E-state index in [2.05, 4.69) is 10.1 Å². The molecular formula is C14H19N3O2S. The van der Waals surface area contributed by atoms with Gasteiger partial charge in [0.25, 0.3) is 0 Å². The Hall–Kier alpha value is -1.11. The van der Waals surface area contributed by atoms with E-state index in [1.807, 2.05) is 18.3 Å². The predicted molar refractivity (Wildman–Crippen MR) is 77.9 cm³/mol. The van der Waals surface area contributed by atoms with E-state index < -0.39 is 0 Å². The number of thioether (sulfide) groups is 1. The molecule has 0 bridgehead atoms. The Balaban J connectivity index is 1.36. The zero-order valence-corrected chi connectivity index (χ0v) is 12.2. The van der Waals surface area contributed by atoms with Crippen LogP contribution in [0.1, 0.15) is 25.7 Å². The number of hydrogen-bond acceptors (Lipinski definition) is 5. The molecule has 20 heavy (non-hydrogen) atoms. The summed E-state index contributed by atoms with van der Waals surface area (Å²) in [7, 11) is 0. The van der Waals surface area contributed by atoms with Gasteiger partial charge in [-0.3, -0.25) is 0 Å². The summed E-state index contributed by atoms with van der Waals surface area (Å²) < 4.78 is 13.0. The number of rotatable bonds is 6. The molecule has 0 aliphatic carbocycles. The highest BCUT2D eigenvalue weighted by molar-refractivity contribution is 7.99. The Bertz CT molecular complexity index is 540. The first-order valence-corrected chi connectivity index (χ1v) is 8.07. The Morgan fingerprint density at radius 2 is 2.40 bits per heavy atom. The van der Waals surface area contributed by atoms with E-state index in [4.69, 9.17) is 9.47 Å². The summed E-state index contributed by atoms with van der Waals surface area (Å²) in [4.78, 5) is 4.18. The quantitative estimate of drug-likeness (QED) is 0.605. The van der Waals surface area contributed by atoms with Crippen LogP contribution in [0.5, 0.6) is 0 Å². The maximum absolute atomic E-state index is 5.71. The summed E-state index contributed by atoms with van der Waals surface area (Å²) in [5.41, 5.74) is 0.882. The van der Waals surface area contributed by atoms with Crippen LogP contribution in [-0.4, -0.2) is 39.9 Å². The van der Waals surface area contributed by atoms with Crippen molar-refractivity contribution in [3.8, 4) is 0 Å². The fourth-order valence-electron chi connectivity index (χ4n) is 2.17. The number of fused-ring (bicyclic) bond motifs is 1. The maximum atomic E-state index is 5.71. The van der Waals surface area contributed by atoms with Crippen molar-refractivity contribution >= 4 is 17.4 Å². The van der Waals surface area contributed by atoms with Gasteiger partial charge in [0.2, 0.25) is 0 Å². The molecule has 3 heterocycles. The van der Waals surface area contributed by atoms with Gasteiger partial charge in [0.1, 0.15) is 5.03 Å². The highest BCUT2D eigenvalue weighted by Crippen LogP contribution is 2.17. The van der Waals surface area contributed by atoms with Crippen molar-refractivity contribution < 1.29 is 9.47 Å². The summed E-state index contributed by atoms with van der Waals surface area (Å²) in [5.74, 6) is 1.000. The van der Waals surface area contributed by atoms with Crippen LogP contribution in [0.3, 0.4) is 0 Å². The zero-order valence-electron chi connectivity index (χ0n) is 11.4. The van der Waals surface area contributed by atoms with Crippen molar-refractivity contribution in [3.63, 3.8) is 0 Å². The molecule has 108 valence electrons. The second-order valence-electron chi connectivity index (χ2n) is 4.77. The van der Waals surface area contributed by atoms with Crippen molar-refractivity contribution in [2.75, 3.05) is 19.0 Å². The van der Waals surface area contributed by atoms with Gasteiger partial charge in [-0.25, -0.2) is 9.50 Å². The van der Waals surface area contributed by atoms with Crippen molar-refractivity contribution in [1.29, 1.82) is 0 Å². The molecule has 6 heteroatoms. The molecular weight excluding hydrogens is 274 g/mol. The molecule has 0 N–H and O–H groups in total. The minimum absolute atomic E-state index is 0.0224. The van der Waals surface area contributed by atoms with Gasteiger partial charge in [0.15, 0.2) is 11.9 Å². The third-order valence-corrected chi connectivity index (χ3v) is 4.22. The van der Waals surface area contributed by atoms with Crippen LogP contribution < -0.4 is 0 Å². The highest BCUT2D eigenvalue weighted by Gasteiger charge is 2.13. The van der Waals surface area contributed by atoms with Gasteiger partial charge in [0.05, 0.1) is 6.61 Å². The Kier molecular flexibility index (Phi) is 4.89. The first-order chi connectivity index (χ1) is 9.92. The smallest absolute Gasteiger partial charge is 0.157 e. The van der Waals surface area contributed by atoms with Gasteiger partial charge in [-0.15, -0.1) is 11.8 Å². The summed E-state index contributed by atoms with van der Waals surface area (Å²) in [6.45, 7) is 1.60. The topological polar surface area (TPSA) is 48.7 Å². The molecule has 1 aliphatic heterocycles. The summed E-state index contributed by atoms with van der Waals surface area (Å²) >= 11 is 1.74. The second kappa shape index (κ2) is 7.06. The Labute approximate surface area is 122 Å². The molecule has 2 aromatic rings. The number of nitrogens with zero attached hydrogens (tertiary/aromatic N) is 3. The van der Waals surface area contributed by atoms with E-state index in [0.29, 0.717) is 0 Å². The summed E-state index contributed by atoms with van der Waals surface area (Å²) in [5, 5.41) is 5.49. The molecule has 1 fully saturated rings. The van der Waals surface area contributed by atoms with Gasteiger partial charge in [-0.2, -0.15) is 5.10 Å². The normalized spacial score (nSPS) is 19.5. The molecule has 0 aromatic carbocycles. The largest absolute Gasteiger partial charge is 0.353 e. The van der Waals surface area contributed by atoms with Gasteiger partial charge in [0, 0.05) is 24.8 Å². The molecule has 0 amide bonds. The SMILES string of the molecule is c1cn2nc(SCCCOC3CCCCO3)ccc2n1. The minimum Gasteiger partial charge on any atom is -0.353 e. The van der Waals surface area contributed by atoms with Gasteiger partial charge >= 0.3 is 0 Å². The lowest BCUT2D eigenvalue weighted by atomic mass is 10.2. The van der Waals surface area contributed by atoms with Crippen LogP contribution in [0, 0.1) is 0 Å². The van der Waals surface area contributed by atoms with Crippen molar-refractivity contribution in [2.45, 2.75) is 37.0 Å². The lowest BCUT2D eigenvalue weighted by Crippen LogP contribution is -2.22. The molecule has 5 nitrogen and oxygen atoms in total. The third kappa shape index (κ3) is 3.71. The first-order valence-electron chi connectivity index (χ1n) is 7.08. The van der Waals surface area contributed by atoms with Gasteiger partial charge < -0.3 is 9.47 Å². The molecule has 0 saturated carbocycles. The number of aromatic nitrogens is 3. The third-order valence-electron chi connectivity index (χ3n) is 3.21. The zero-order chi connectivity index (χ0) is 13.6. The fraction of sp³-hybridized carbons (Fsp3) is 0.571. The molecule has 0 spiro atoms. The molecule has 2 aromatic heterocycles. The minimum atomic E-state index is 0.0224. The van der Waals surface area contributed by atoms with Crippen molar-refractivity contribution in [1.82, 2.24) is 14.6 Å². The monoisotopic (exact) mass is 293 g/mol. The van der Waals surface area contributed by atoms with Crippen LogP contribution in [-0.2, 0) is 9.47 Å². The average molecular weight is 293 g/mol. The molecule has 1 aliphatic rings. The van der Waals surface area contributed by atoms with E-state index >= 15 is 0 Å². The number of imidazole rings is 1. The van der Waals surface area contributed by atoms with E-state index in [-0.39, 0.29) is 6.29 Å². The Morgan fingerprint density at radius 1 is 1.40 bits per heavy atom. The molecule has 1 atom stereocenters. The van der Waals surface area contributed by atoms with E-state index in [1.54, 1.807) is 22.5 Å². The Morgan fingerprint density at radius 3 is 3.30 bits per heavy atom. The van der Waals surface area contributed by atoms with E-state index in [0.717, 1.165) is 48.9 Å². The summed E-state index contributed by atoms with van der Waals surface area (Å²) in [6, 6.07) is 4.00. The van der Waals surface area contributed by atoms with Crippen LogP contribution >= 0.6 is 11.8 Å². The lowest BCUT2D eigenvalue weighted by molar-refractivity contribution is -0.162. The van der Waals surface area contributed by atoms with Crippen molar-refractivity contribution in [2.24, 2.45) is 0 Å². The van der Waals surface area contributed by atoms with Crippen molar-refractivity contribution in [3.05, 3.63) is 24.5 Å². The number of ether oxygens (including phenoxy) is 2. The predicted octanol–water partition coefficient (Wildman–Crippen LogP) is 2.75. The molecule has 1 unspecified atom stereocenters. The van der Waals surface area contributed by atoms with Gasteiger partial charge in [-0.05, 0) is 37.8 Å². The van der Waals surface area contributed by atoms with Crippen LogP contribution in [0.25, 0.3) is 5.65 Å². The fourth-order valence-corrected chi connectivity index (χ4v) is 2.95. The second-order valence-corrected chi connectivity index (χ2v) is 5.89. The first kappa shape index (κ1) is 13.9. The summed E-state index contributed by atoms with van der Waals surface area (Å²) in [6.07, 6.45) is 8.07. The average Bonchev–Trinajstić information content (AvgIpc) is 2.95. The maximum Gasteiger partial charge on any atom is 0.157 e. The van der Waals surface area contributed by atoms with Crippen LogP contribution in [0.2, 0.25) is 0 Å². The van der Waals surface area contributed by atoms with E-state index in [1.165, 1.54) is 6.42 Å². The van der Waals surface area contributed by atoms with Crippen LogP contribution in [0.4, 0.5) is 0 Å².